The first kappa shape index (κ1) is 16.5. The highest BCUT2D eigenvalue weighted by molar-refractivity contribution is 6.08. The maximum Gasteiger partial charge on any atom is 0.330 e. The van der Waals surface area contributed by atoms with Crippen molar-refractivity contribution in [2.45, 2.75) is 6.42 Å². The molecule has 4 nitrogen and oxygen atoms in total. The maximum atomic E-state index is 12.3. The molecule has 0 N–H and O–H groups in total. The van der Waals surface area contributed by atoms with Gasteiger partial charge in [-0.3, -0.25) is 4.79 Å². The van der Waals surface area contributed by atoms with Crippen LogP contribution in [-0.2, 0) is 9.53 Å². The summed E-state index contributed by atoms with van der Waals surface area (Å²) in [6.07, 6.45) is 1.72. The third-order valence-electron chi connectivity index (χ3n) is 3.12. The van der Waals surface area contributed by atoms with Crippen molar-refractivity contribution in [2.75, 3.05) is 13.2 Å². The van der Waals surface area contributed by atoms with Gasteiger partial charge >= 0.3 is 5.97 Å². The topological polar surface area (TPSA) is 52.6 Å². The molecule has 0 bridgehead atoms. The number of esters is 1. The summed E-state index contributed by atoms with van der Waals surface area (Å²) in [7, 11) is 0. The third kappa shape index (κ3) is 5.11. The van der Waals surface area contributed by atoms with Crippen LogP contribution in [0.25, 0.3) is 0 Å². The van der Waals surface area contributed by atoms with E-state index in [1.165, 1.54) is 0 Å². The van der Waals surface area contributed by atoms with Crippen molar-refractivity contribution in [1.29, 1.82) is 0 Å². The fraction of sp³-hybridized carbons (Fsp3) is 0.158. The minimum Gasteiger partial charge on any atom is -0.493 e. The highest BCUT2D eigenvalue weighted by Gasteiger charge is 2.08. The summed E-state index contributed by atoms with van der Waals surface area (Å²) in [6, 6.07) is 16.1. The SMILES string of the molecule is C=CC(=O)OCCCOc1ccc(C(=O)c2ccccc2)cc1. The zero-order valence-electron chi connectivity index (χ0n) is 12.7. The van der Waals surface area contributed by atoms with Crippen LogP contribution in [-0.4, -0.2) is 25.0 Å². The fourth-order valence-electron chi connectivity index (χ4n) is 1.94. The van der Waals surface area contributed by atoms with Crippen molar-refractivity contribution in [3.8, 4) is 5.75 Å². The Labute approximate surface area is 135 Å². The van der Waals surface area contributed by atoms with E-state index in [2.05, 4.69) is 6.58 Å². The number of carbonyl (C=O) groups is 2. The van der Waals surface area contributed by atoms with Crippen LogP contribution in [0.15, 0.2) is 67.3 Å². The van der Waals surface area contributed by atoms with Gasteiger partial charge in [0.05, 0.1) is 13.2 Å². The van der Waals surface area contributed by atoms with Crippen LogP contribution >= 0.6 is 0 Å². The molecule has 0 heterocycles. The zero-order chi connectivity index (χ0) is 16.5. The Morgan fingerprint density at radius 1 is 0.913 bits per heavy atom. The van der Waals surface area contributed by atoms with Crippen molar-refractivity contribution >= 4 is 11.8 Å². The predicted molar refractivity (Wildman–Crippen MR) is 87.6 cm³/mol. The maximum absolute atomic E-state index is 12.3. The molecule has 0 amide bonds. The van der Waals surface area contributed by atoms with Gasteiger partial charge in [-0.1, -0.05) is 36.9 Å². The third-order valence-corrected chi connectivity index (χ3v) is 3.12. The Balaban J connectivity index is 1.82. The molecule has 4 heteroatoms. The molecule has 0 fully saturated rings. The van der Waals surface area contributed by atoms with E-state index in [0.717, 1.165) is 6.08 Å². The number of benzene rings is 2. The number of hydrogen-bond acceptors (Lipinski definition) is 4. The van der Waals surface area contributed by atoms with Crippen LogP contribution in [0, 0.1) is 0 Å². The van der Waals surface area contributed by atoms with Crippen molar-refractivity contribution in [3.05, 3.63) is 78.4 Å². The summed E-state index contributed by atoms with van der Waals surface area (Å²) in [6.45, 7) is 4.03. The lowest BCUT2D eigenvalue weighted by atomic mass is 10.0. The number of carbonyl (C=O) groups excluding carboxylic acids is 2. The smallest absolute Gasteiger partial charge is 0.330 e. The van der Waals surface area contributed by atoms with E-state index < -0.39 is 5.97 Å². The Morgan fingerprint density at radius 3 is 2.22 bits per heavy atom. The second-order valence-corrected chi connectivity index (χ2v) is 4.79. The molecule has 2 aromatic rings. The van der Waals surface area contributed by atoms with E-state index in [1.807, 2.05) is 18.2 Å². The monoisotopic (exact) mass is 310 g/mol. The summed E-state index contributed by atoms with van der Waals surface area (Å²) in [5.41, 5.74) is 1.27. The van der Waals surface area contributed by atoms with Gasteiger partial charge in [0, 0.05) is 23.6 Å². The first-order chi connectivity index (χ1) is 11.2. The Bertz CT molecular complexity index is 660. The highest BCUT2D eigenvalue weighted by atomic mass is 16.5. The molecular formula is C19H18O4. The van der Waals surface area contributed by atoms with E-state index in [9.17, 15) is 9.59 Å². The second kappa shape index (κ2) is 8.54. The Hall–Kier alpha value is -2.88. The van der Waals surface area contributed by atoms with Gasteiger partial charge in [0.2, 0.25) is 0 Å². The molecular weight excluding hydrogens is 292 g/mol. The quantitative estimate of drug-likeness (QED) is 0.324. The number of ether oxygens (including phenoxy) is 2. The van der Waals surface area contributed by atoms with Crippen molar-refractivity contribution in [3.63, 3.8) is 0 Å². The largest absolute Gasteiger partial charge is 0.493 e. The molecule has 0 aliphatic rings. The zero-order valence-corrected chi connectivity index (χ0v) is 12.7. The van der Waals surface area contributed by atoms with Gasteiger partial charge in [0.1, 0.15) is 5.75 Å². The molecule has 0 unspecified atom stereocenters. The van der Waals surface area contributed by atoms with Crippen molar-refractivity contribution in [2.24, 2.45) is 0 Å². The highest BCUT2D eigenvalue weighted by Crippen LogP contribution is 2.15. The minimum atomic E-state index is -0.436. The van der Waals surface area contributed by atoms with Gasteiger partial charge in [-0.25, -0.2) is 4.79 Å². The molecule has 0 aliphatic carbocycles. The molecule has 2 aromatic carbocycles. The van der Waals surface area contributed by atoms with Crippen LogP contribution in [0.2, 0.25) is 0 Å². The van der Waals surface area contributed by atoms with Gasteiger partial charge < -0.3 is 9.47 Å². The van der Waals surface area contributed by atoms with Crippen molar-refractivity contribution < 1.29 is 19.1 Å². The van der Waals surface area contributed by atoms with E-state index in [-0.39, 0.29) is 12.4 Å². The number of ketones is 1. The fourth-order valence-corrected chi connectivity index (χ4v) is 1.94. The van der Waals surface area contributed by atoms with Crippen LogP contribution in [0.1, 0.15) is 22.3 Å². The lowest BCUT2D eigenvalue weighted by Crippen LogP contribution is -2.06. The lowest BCUT2D eigenvalue weighted by Gasteiger charge is -2.07. The van der Waals surface area contributed by atoms with E-state index in [0.29, 0.717) is 29.9 Å². The molecule has 118 valence electrons. The number of rotatable bonds is 8. The Kier molecular flexibility index (Phi) is 6.12. The van der Waals surface area contributed by atoms with Gasteiger partial charge in [0.25, 0.3) is 0 Å². The summed E-state index contributed by atoms with van der Waals surface area (Å²) in [5.74, 6) is 0.215. The predicted octanol–water partition coefficient (Wildman–Crippen LogP) is 3.42. The van der Waals surface area contributed by atoms with Crippen molar-refractivity contribution in [1.82, 2.24) is 0 Å². The van der Waals surface area contributed by atoms with Gasteiger partial charge in [-0.05, 0) is 24.3 Å². The molecule has 0 spiro atoms. The van der Waals surface area contributed by atoms with Crippen LogP contribution < -0.4 is 4.74 Å². The van der Waals surface area contributed by atoms with Gasteiger partial charge in [-0.15, -0.1) is 0 Å². The molecule has 0 saturated heterocycles. The molecule has 23 heavy (non-hydrogen) atoms. The summed E-state index contributed by atoms with van der Waals surface area (Å²) in [4.78, 5) is 23.1. The Morgan fingerprint density at radius 2 is 1.57 bits per heavy atom. The molecule has 0 atom stereocenters. The number of hydrogen-bond donors (Lipinski definition) is 0. The normalized spacial score (nSPS) is 9.91. The van der Waals surface area contributed by atoms with Gasteiger partial charge in [0.15, 0.2) is 5.78 Å². The van der Waals surface area contributed by atoms with Crippen LogP contribution in [0.3, 0.4) is 0 Å². The van der Waals surface area contributed by atoms with Crippen LogP contribution in [0.4, 0.5) is 0 Å². The average Bonchev–Trinajstić information content (AvgIpc) is 2.62. The average molecular weight is 310 g/mol. The standard InChI is InChI=1S/C19H18O4/c1-2-18(20)23-14-6-13-22-17-11-9-16(10-12-17)19(21)15-7-4-3-5-8-15/h2-5,7-12H,1,6,13-14H2. The van der Waals surface area contributed by atoms with E-state index in [4.69, 9.17) is 9.47 Å². The molecule has 0 aliphatic heterocycles. The molecule has 0 aromatic heterocycles. The minimum absolute atomic E-state index is 0.0199. The van der Waals surface area contributed by atoms with Crippen LogP contribution in [0.5, 0.6) is 5.75 Å². The molecule has 2 rings (SSSR count). The molecule has 0 radical (unpaired) electrons. The summed E-state index contributed by atoms with van der Waals surface area (Å²) >= 11 is 0. The first-order valence-corrected chi connectivity index (χ1v) is 7.32. The summed E-state index contributed by atoms with van der Waals surface area (Å²) < 4.78 is 10.4. The van der Waals surface area contributed by atoms with E-state index in [1.54, 1.807) is 36.4 Å². The summed E-state index contributed by atoms with van der Waals surface area (Å²) in [5, 5.41) is 0. The lowest BCUT2D eigenvalue weighted by molar-refractivity contribution is -0.137. The first-order valence-electron chi connectivity index (χ1n) is 7.32. The van der Waals surface area contributed by atoms with Gasteiger partial charge in [-0.2, -0.15) is 0 Å². The van der Waals surface area contributed by atoms with E-state index >= 15 is 0 Å². The second-order valence-electron chi connectivity index (χ2n) is 4.79. The molecule has 0 saturated carbocycles.